The molecule has 3 aromatic rings. The van der Waals surface area contributed by atoms with E-state index < -0.39 is 6.04 Å². The molecule has 0 fully saturated rings. The Hall–Kier alpha value is -2.53. The van der Waals surface area contributed by atoms with Gasteiger partial charge in [0.25, 0.3) is 0 Å². The standard InChI is InChI=1S/C16H14FN3O/c17-13-8-6-11(7-9-13)10-14-19-20-16(21-14)15(18)12-4-2-1-3-5-12/h1-9,15H,10,18H2. The van der Waals surface area contributed by atoms with Crippen LogP contribution in [0.2, 0.25) is 0 Å². The third kappa shape index (κ3) is 3.14. The number of rotatable bonds is 4. The molecule has 1 heterocycles. The van der Waals surface area contributed by atoms with Gasteiger partial charge < -0.3 is 10.2 Å². The van der Waals surface area contributed by atoms with Crippen molar-refractivity contribution in [3.8, 4) is 0 Å². The van der Waals surface area contributed by atoms with Crippen LogP contribution in [-0.2, 0) is 6.42 Å². The lowest BCUT2D eigenvalue weighted by Crippen LogP contribution is -2.11. The van der Waals surface area contributed by atoms with Crippen LogP contribution in [0.3, 0.4) is 0 Å². The van der Waals surface area contributed by atoms with Gasteiger partial charge in [-0.05, 0) is 23.3 Å². The molecule has 0 aliphatic heterocycles. The fourth-order valence-electron chi connectivity index (χ4n) is 2.04. The van der Waals surface area contributed by atoms with Crippen molar-refractivity contribution in [3.63, 3.8) is 0 Å². The first kappa shape index (κ1) is 13.5. The van der Waals surface area contributed by atoms with Gasteiger partial charge in [-0.2, -0.15) is 0 Å². The summed E-state index contributed by atoms with van der Waals surface area (Å²) in [6.07, 6.45) is 0.453. The second-order valence-electron chi connectivity index (χ2n) is 4.73. The van der Waals surface area contributed by atoms with Crippen LogP contribution in [0.4, 0.5) is 4.39 Å². The van der Waals surface area contributed by atoms with Gasteiger partial charge in [-0.1, -0.05) is 42.5 Å². The molecule has 1 atom stereocenters. The van der Waals surface area contributed by atoms with Crippen molar-refractivity contribution in [3.05, 3.63) is 83.3 Å². The maximum absolute atomic E-state index is 12.9. The monoisotopic (exact) mass is 283 g/mol. The number of benzene rings is 2. The fourth-order valence-corrected chi connectivity index (χ4v) is 2.04. The Kier molecular flexibility index (Phi) is 3.75. The summed E-state index contributed by atoms with van der Waals surface area (Å²) in [5, 5.41) is 7.98. The van der Waals surface area contributed by atoms with Gasteiger partial charge in [-0.3, -0.25) is 0 Å². The third-order valence-corrected chi connectivity index (χ3v) is 3.18. The van der Waals surface area contributed by atoms with Crippen LogP contribution in [0, 0.1) is 5.82 Å². The van der Waals surface area contributed by atoms with Crippen LogP contribution < -0.4 is 5.73 Å². The molecule has 2 N–H and O–H groups in total. The van der Waals surface area contributed by atoms with Gasteiger partial charge in [0.1, 0.15) is 11.9 Å². The van der Waals surface area contributed by atoms with E-state index in [2.05, 4.69) is 10.2 Å². The maximum atomic E-state index is 12.9. The van der Waals surface area contributed by atoms with E-state index in [0.717, 1.165) is 11.1 Å². The van der Waals surface area contributed by atoms with E-state index >= 15 is 0 Å². The van der Waals surface area contributed by atoms with Crippen molar-refractivity contribution < 1.29 is 8.81 Å². The average molecular weight is 283 g/mol. The predicted octanol–water partition coefficient (Wildman–Crippen LogP) is 2.85. The number of hydrogen-bond donors (Lipinski definition) is 1. The van der Waals surface area contributed by atoms with E-state index in [9.17, 15) is 4.39 Å². The van der Waals surface area contributed by atoms with Gasteiger partial charge in [0, 0.05) is 0 Å². The largest absolute Gasteiger partial charge is 0.423 e. The summed E-state index contributed by atoms with van der Waals surface area (Å²) >= 11 is 0. The molecule has 5 heteroatoms. The Balaban J connectivity index is 1.75. The smallest absolute Gasteiger partial charge is 0.237 e. The first-order valence-electron chi connectivity index (χ1n) is 6.59. The van der Waals surface area contributed by atoms with E-state index in [1.807, 2.05) is 30.3 Å². The lowest BCUT2D eigenvalue weighted by atomic mass is 10.1. The predicted molar refractivity (Wildman–Crippen MR) is 76.0 cm³/mol. The molecule has 2 aromatic carbocycles. The zero-order valence-electron chi connectivity index (χ0n) is 11.2. The van der Waals surface area contributed by atoms with Crippen LogP contribution in [-0.4, -0.2) is 10.2 Å². The normalized spacial score (nSPS) is 12.3. The van der Waals surface area contributed by atoms with Crippen molar-refractivity contribution >= 4 is 0 Å². The maximum Gasteiger partial charge on any atom is 0.237 e. The Labute approximate surface area is 121 Å². The molecule has 1 unspecified atom stereocenters. The molecule has 1 aromatic heterocycles. The highest BCUT2D eigenvalue weighted by molar-refractivity contribution is 5.23. The molecule has 0 amide bonds. The van der Waals surface area contributed by atoms with E-state index in [-0.39, 0.29) is 5.82 Å². The molecule has 0 saturated heterocycles. The van der Waals surface area contributed by atoms with Crippen molar-refractivity contribution in [1.82, 2.24) is 10.2 Å². The van der Waals surface area contributed by atoms with Crippen LogP contribution in [0.1, 0.15) is 29.0 Å². The SMILES string of the molecule is NC(c1ccccc1)c1nnc(Cc2ccc(F)cc2)o1. The second-order valence-corrected chi connectivity index (χ2v) is 4.73. The molecule has 21 heavy (non-hydrogen) atoms. The number of halogens is 1. The summed E-state index contributed by atoms with van der Waals surface area (Å²) in [7, 11) is 0. The summed E-state index contributed by atoms with van der Waals surface area (Å²) in [5.41, 5.74) is 7.91. The molecule has 0 spiro atoms. The lowest BCUT2D eigenvalue weighted by molar-refractivity contribution is 0.441. The minimum atomic E-state index is -0.444. The zero-order valence-corrected chi connectivity index (χ0v) is 11.2. The summed E-state index contributed by atoms with van der Waals surface area (Å²) < 4.78 is 18.4. The van der Waals surface area contributed by atoms with Crippen molar-refractivity contribution in [1.29, 1.82) is 0 Å². The minimum Gasteiger partial charge on any atom is -0.423 e. The van der Waals surface area contributed by atoms with Gasteiger partial charge >= 0.3 is 0 Å². The van der Waals surface area contributed by atoms with E-state index in [4.69, 9.17) is 10.2 Å². The molecule has 4 nitrogen and oxygen atoms in total. The van der Waals surface area contributed by atoms with Crippen LogP contribution in [0.25, 0.3) is 0 Å². The Morgan fingerprint density at radius 2 is 1.71 bits per heavy atom. The summed E-state index contributed by atoms with van der Waals surface area (Å²) in [6, 6.07) is 15.3. The molecule has 0 radical (unpaired) electrons. The number of hydrogen-bond acceptors (Lipinski definition) is 4. The first-order chi connectivity index (χ1) is 10.2. The summed E-state index contributed by atoms with van der Waals surface area (Å²) in [4.78, 5) is 0. The van der Waals surface area contributed by atoms with Crippen molar-refractivity contribution in [2.75, 3.05) is 0 Å². The Morgan fingerprint density at radius 3 is 2.43 bits per heavy atom. The van der Waals surface area contributed by atoms with Crippen molar-refractivity contribution in [2.24, 2.45) is 5.73 Å². The Bertz CT molecular complexity index is 710. The molecule has 3 rings (SSSR count). The second kappa shape index (κ2) is 5.85. The molecule has 106 valence electrons. The van der Waals surface area contributed by atoms with Gasteiger partial charge in [-0.15, -0.1) is 10.2 Å². The Morgan fingerprint density at radius 1 is 1.00 bits per heavy atom. The van der Waals surface area contributed by atoms with Gasteiger partial charge in [0.2, 0.25) is 11.8 Å². The van der Waals surface area contributed by atoms with Gasteiger partial charge in [0.05, 0.1) is 6.42 Å². The number of nitrogens with zero attached hydrogens (tertiary/aromatic N) is 2. The number of aromatic nitrogens is 2. The van der Waals surface area contributed by atoms with E-state index in [1.165, 1.54) is 12.1 Å². The average Bonchev–Trinajstić information content (AvgIpc) is 2.98. The third-order valence-electron chi connectivity index (χ3n) is 3.18. The van der Waals surface area contributed by atoms with Crippen LogP contribution in [0.5, 0.6) is 0 Å². The van der Waals surface area contributed by atoms with Crippen LogP contribution >= 0.6 is 0 Å². The lowest BCUT2D eigenvalue weighted by Gasteiger charge is -2.06. The topological polar surface area (TPSA) is 64.9 Å². The molecule has 0 aliphatic rings. The van der Waals surface area contributed by atoms with Gasteiger partial charge in [-0.25, -0.2) is 4.39 Å². The molecule has 0 aliphatic carbocycles. The quantitative estimate of drug-likeness (QED) is 0.799. The zero-order chi connectivity index (χ0) is 14.7. The highest BCUT2D eigenvalue weighted by Crippen LogP contribution is 2.19. The summed E-state index contributed by atoms with van der Waals surface area (Å²) in [6.45, 7) is 0. The van der Waals surface area contributed by atoms with Gasteiger partial charge in [0.15, 0.2) is 0 Å². The van der Waals surface area contributed by atoms with Crippen LogP contribution in [0.15, 0.2) is 59.0 Å². The fraction of sp³-hybridized carbons (Fsp3) is 0.125. The van der Waals surface area contributed by atoms with E-state index in [1.54, 1.807) is 12.1 Å². The minimum absolute atomic E-state index is 0.268. The first-order valence-corrected chi connectivity index (χ1v) is 6.59. The molecular formula is C16H14FN3O. The van der Waals surface area contributed by atoms with E-state index in [0.29, 0.717) is 18.2 Å². The molecular weight excluding hydrogens is 269 g/mol. The highest BCUT2D eigenvalue weighted by Gasteiger charge is 2.16. The number of nitrogens with two attached hydrogens (primary N) is 1. The summed E-state index contributed by atoms with van der Waals surface area (Å²) in [5.74, 6) is 0.567. The van der Waals surface area contributed by atoms with Crippen molar-refractivity contribution in [2.45, 2.75) is 12.5 Å². The molecule has 0 saturated carbocycles. The highest BCUT2D eigenvalue weighted by atomic mass is 19.1. The molecule has 0 bridgehead atoms.